The summed E-state index contributed by atoms with van der Waals surface area (Å²) in [6, 6.07) is 0.204. The van der Waals surface area contributed by atoms with Crippen LogP contribution in [0.2, 0.25) is 0 Å². The minimum Gasteiger partial charge on any atom is -0.352 e. The summed E-state index contributed by atoms with van der Waals surface area (Å²) in [7, 11) is 0. The number of carbonyl (C=O) groups is 2. The fraction of sp³-hybridized carbons (Fsp3) is 0.722. The molecule has 0 radical (unpaired) electrons. The van der Waals surface area contributed by atoms with E-state index in [-0.39, 0.29) is 24.3 Å². The smallest absolute Gasteiger partial charge is 0.227 e. The number of nitrogens with zero attached hydrogens (tertiary/aromatic N) is 2. The molecule has 1 aromatic rings. The van der Waals surface area contributed by atoms with Gasteiger partial charge in [0.2, 0.25) is 11.8 Å². The average Bonchev–Trinajstić information content (AvgIpc) is 2.93. The molecule has 7 nitrogen and oxygen atoms in total. The third-order valence-corrected chi connectivity index (χ3v) is 5.84. The lowest BCUT2D eigenvalue weighted by molar-refractivity contribution is -0.159. The van der Waals surface area contributed by atoms with E-state index in [1.807, 2.05) is 25.7 Å². The molecule has 0 spiro atoms. The van der Waals surface area contributed by atoms with E-state index in [1.165, 1.54) is 0 Å². The van der Waals surface area contributed by atoms with Gasteiger partial charge in [0.1, 0.15) is 0 Å². The Bertz CT molecular complexity index is 632. The van der Waals surface area contributed by atoms with Gasteiger partial charge in [-0.2, -0.15) is 0 Å². The van der Waals surface area contributed by atoms with Crippen LogP contribution < -0.4 is 5.32 Å². The normalized spacial score (nSPS) is 24.0. The van der Waals surface area contributed by atoms with Gasteiger partial charge in [-0.15, -0.1) is 11.3 Å². The largest absolute Gasteiger partial charge is 0.352 e. The highest BCUT2D eigenvalue weighted by Gasteiger charge is 2.57. The van der Waals surface area contributed by atoms with Crippen LogP contribution >= 0.6 is 11.3 Å². The van der Waals surface area contributed by atoms with Crippen molar-refractivity contribution >= 4 is 23.2 Å². The first-order chi connectivity index (χ1) is 12.5. The number of hydrogen-bond acceptors (Lipinski definition) is 6. The van der Waals surface area contributed by atoms with Crippen molar-refractivity contribution < 1.29 is 19.1 Å². The molecule has 1 aromatic heterocycles. The third kappa shape index (κ3) is 4.61. The number of carbonyl (C=O) groups excluding carboxylic acids is 2. The van der Waals surface area contributed by atoms with Crippen LogP contribution in [0.3, 0.4) is 0 Å². The fourth-order valence-electron chi connectivity index (χ4n) is 3.64. The Morgan fingerprint density at radius 3 is 2.50 bits per heavy atom. The summed E-state index contributed by atoms with van der Waals surface area (Å²) < 4.78 is 10.9. The molecule has 2 aliphatic rings. The summed E-state index contributed by atoms with van der Waals surface area (Å²) in [5.74, 6) is 0.862. The Morgan fingerprint density at radius 2 is 1.96 bits per heavy atom. The van der Waals surface area contributed by atoms with Crippen molar-refractivity contribution in [2.24, 2.45) is 11.8 Å². The third-order valence-electron chi connectivity index (χ3n) is 4.92. The van der Waals surface area contributed by atoms with Gasteiger partial charge in [-0.05, 0) is 20.8 Å². The molecule has 1 aliphatic carbocycles. The maximum absolute atomic E-state index is 12.4. The van der Waals surface area contributed by atoms with E-state index in [9.17, 15) is 9.59 Å². The van der Waals surface area contributed by atoms with Gasteiger partial charge in [0.25, 0.3) is 0 Å². The van der Waals surface area contributed by atoms with Crippen LogP contribution in [-0.2, 0) is 25.5 Å². The van der Waals surface area contributed by atoms with Gasteiger partial charge in [0, 0.05) is 55.3 Å². The molecule has 2 amide bonds. The molecule has 26 heavy (non-hydrogen) atoms. The van der Waals surface area contributed by atoms with Crippen molar-refractivity contribution in [3.05, 3.63) is 16.1 Å². The first kappa shape index (κ1) is 19.3. The van der Waals surface area contributed by atoms with E-state index >= 15 is 0 Å². The molecule has 8 heteroatoms. The number of rotatable bonds is 9. The number of hydrogen-bond donors (Lipinski definition) is 1. The van der Waals surface area contributed by atoms with Crippen molar-refractivity contribution in [2.45, 2.75) is 45.9 Å². The second-order valence-electron chi connectivity index (χ2n) is 6.79. The van der Waals surface area contributed by atoms with E-state index in [1.54, 1.807) is 17.5 Å². The van der Waals surface area contributed by atoms with Crippen LogP contribution in [-0.4, -0.2) is 60.3 Å². The second kappa shape index (κ2) is 8.45. The zero-order chi connectivity index (χ0) is 18.7. The van der Waals surface area contributed by atoms with Gasteiger partial charge >= 0.3 is 0 Å². The molecular weight excluding hydrogens is 354 g/mol. The molecule has 0 bridgehead atoms. The summed E-state index contributed by atoms with van der Waals surface area (Å²) in [5, 5.41) is 4.08. The molecule has 1 N–H and O–H groups in total. The summed E-state index contributed by atoms with van der Waals surface area (Å²) in [4.78, 5) is 31.6. The minimum atomic E-state index is -0.465. The number of piperidine rings is 1. The van der Waals surface area contributed by atoms with Gasteiger partial charge in [-0.25, -0.2) is 4.98 Å². The quantitative estimate of drug-likeness (QED) is 0.653. The molecule has 3 rings (SSSR count). The van der Waals surface area contributed by atoms with Crippen molar-refractivity contribution in [3.63, 3.8) is 0 Å². The van der Waals surface area contributed by atoms with Gasteiger partial charge < -0.3 is 19.7 Å². The number of thiazole rings is 1. The molecule has 2 heterocycles. The fourth-order valence-corrected chi connectivity index (χ4v) is 4.43. The summed E-state index contributed by atoms with van der Waals surface area (Å²) in [6.07, 6.45) is 1.94. The van der Waals surface area contributed by atoms with Gasteiger partial charge in [-0.3, -0.25) is 9.59 Å². The molecule has 2 unspecified atom stereocenters. The number of nitrogens with one attached hydrogen (secondary N) is 1. The van der Waals surface area contributed by atoms with Crippen molar-refractivity contribution in [1.29, 1.82) is 0 Å². The molecule has 0 aromatic carbocycles. The zero-order valence-corrected chi connectivity index (χ0v) is 16.4. The van der Waals surface area contributed by atoms with Crippen LogP contribution in [0.15, 0.2) is 6.20 Å². The Kier molecular flexibility index (Phi) is 6.26. The summed E-state index contributed by atoms with van der Waals surface area (Å²) in [5.41, 5.74) is 0. The van der Waals surface area contributed by atoms with E-state index in [2.05, 4.69) is 10.3 Å². The second-order valence-corrected chi connectivity index (χ2v) is 8.11. The number of amides is 2. The lowest BCUT2D eigenvalue weighted by Crippen LogP contribution is -2.39. The monoisotopic (exact) mass is 381 g/mol. The van der Waals surface area contributed by atoms with Gasteiger partial charge in [-0.1, -0.05) is 0 Å². The Labute approximate surface area is 158 Å². The van der Waals surface area contributed by atoms with Crippen LogP contribution in [0, 0.1) is 18.8 Å². The minimum absolute atomic E-state index is 0.0404. The van der Waals surface area contributed by atoms with Gasteiger partial charge in [0.05, 0.1) is 17.8 Å². The predicted octanol–water partition coefficient (Wildman–Crippen LogP) is 1.36. The zero-order valence-electron chi connectivity index (χ0n) is 15.6. The first-order valence-electron chi connectivity index (χ1n) is 9.23. The first-order valence-corrected chi connectivity index (χ1v) is 10.0. The summed E-state index contributed by atoms with van der Waals surface area (Å²) in [6.45, 7) is 8.18. The highest BCUT2D eigenvalue weighted by Crippen LogP contribution is 2.45. The molecule has 144 valence electrons. The van der Waals surface area contributed by atoms with Gasteiger partial charge in [0.15, 0.2) is 6.29 Å². The van der Waals surface area contributed by atoms with E-state index in [0.717, 1.165) is 9.88 Å². The van der Waals surface area contributed by atoms with Crippen molar-refractivity contribution in [2.75, 3.05) is 26.3 Å². The van der Waals surface area contributed by atoms with Crippen LogP contribution in [0.4, 0.5) is 0 Å². The maximum atomic E-state index is 12.4. The molecule has 2 atom stereocenters. The highest BCUT2D eigenvalue weighted by atomic mass is 32.1. The number of ether oxygens (including phenoxy) is 2. The SMILES string of the molecule is CCOC(CC(=O)N1CC2C(C1)C2NC(=O)Cc1cnc(C)s1)OCC. The average molecular weight is 381 g/mol. The molecule has 1 saturated heterocycles. The number of fused-ring (bicyclic) bond motifs is 1. The van der Waals surface area contributed by atoms with E-state index in [4.69, 9.17) is 9.47 Å². The topological polar surface area (TPSA) is 80.8 Å². The lowest BCUT2D eigenvalue weighted by atomic mass is 10.3. The van der Waals surface area contributed by atoms with Crippen LogP contribution in [0.1, 0.15) is 30.2 Å². The summed E-state index contributed by atoms with van der Waals surface area (Å²) >= 11 is 1.55. The Hall–Kier alpha value is -1.51. The lowest BCUT2D eigenvalue weighted by Gasteiger charge is -2.23. The molecule has 2 fully saturated rings. The molecular formula is C18H27N3O4S. The number of aromatic nitrogens is 1. The van der Waals surface area contributed by atoms with Crippen molar-refractivity contribution in [1.82, 2.24) is 15.2 Å². The van der Waals surface area contributed by atoms with Crippen LogP contribution in [0.25, 0.3) is 0 Å². The predicted molar refractivity (Wildman–Crippen MR) is 97.7 cm³/mol. The molecule has 1 aliphatic heterocycles. The Balaban J connectivity index is 1.40. The van der Waals surface area contributed by atoms with Crippen LogP contribution in [0.5, 0.6) is 0 Å². The number of aryl methyl sites for hydroxylation is 1. The highest BCUT2D eigenvalue weighted by molar-refractivity contribution is 7.11. The maximum Gasteiger partial charge on any atom is 0.227 e. The number of likely N-dealkylation sites (tertiary alicyclic amines) is 1. The van der Waals surface area contributed by atoms with Crippen molar-refractivity contribution in [3.8, 4) is 0 Å². The molecule has 1 saturated carbocycles. The van der Waals surface area contributed by atoms with E-state index < -0.39 is 6.29 Å². The Morgan fingerprint density at radius 1 is 1.31 bits per heavy atom. The van der Waals surface area contributed by atoms with E-state index in [0.29, 0.717) is 44.6 Å². The standard InChI is InChI=1S/C18H27N3O4S/c1-4-24-17(25-5-2)7-16(23)21-9-13-14(10-21)18(13)20-15(22)6-12-8-19-11(3)26-12/h8,13-14,17-18H,4-7,9-10H2,1-3H3,(H,20,22).